The Morgan fingerprint density at radius 1 is 1.10 bits per heavy atom. The van der Waals surface area contributed by atoms with Crippen LogP contribution in [0, 0.1) is 12.7 Å². The van der Waals surface area contributed by atoms with Crippen LogP contribution in [0.1, 0.15) is 26.3 Å². The van der Waals surface area contributed by atoms with E-state index in [1.807, 2.05) is 0 Å². The Labute approximate surface area is 120 Å². The van der Waals surface area contributed by atoms with Gasteiger partial charge in [-0.25, -0.2) is 9.18 Å². The van der Waals surface area contributed by atoms with E-state index in [0.717, 1.165) is 6.07 Å². The fourth-order valence-corrected chi connectivity index (χ4v) is 1.80. The predicted molar refractivity (Wildman–Crippen MR) is 73.9 cm³/mol. The molecule has 0 amide bonds. The van der Waals surface area contributed by atoms with E-state index in [1.54, 1.807) is 19.1 Å². The molecule has 0 atom stereocenters. The number of carbonyl (C=O) groups excluding carboxylic acids is 2. The van der Waals surface area contributed by atoms with Crippen LogP contribution in [-0.2, 0) is 4.74 Å². The summed E-state index contributed by atoms with van der Waals surface area (Å²) in [4.78, 5) is 23.6. The maximum atomic E-state index is 13.4. The molecule has 2 rings (SSSR count). The van der Waals surface area contributed by atoms with Gasteiger partial charge in [-0.2, -0.15) is 0 Å². The van der Waals surface area contributed by atoms with Crippen LogP contribution in [0.2, 0.25) is 0 Å². The molecule has 108 valence electrons. The smallest absolute Gasteiger partial charge is 0.342 e. The number of hydrogen-bond acceptors (Lipinski definition) is 4. The second-order valence-corrected chi connectivity index (χ2v) is 4.45. The van der Waals surface area contributed by atoms with Gasteiger partial charge in [0.25, 0.3) is 0 Å². The zero-order valence-corrected chi connectivity index (χ0v) is 11.3. The Kier molecular flexibility index (Phi) is 4.33. The number of halogens is 1. The normalized spacial score (nSPS) is 10.2. The molecule has 1 N–H and O–H groups in total. The van der Waals surface area contributed by atoms with Gasteiger partial charge in [-0.1, -0.05) is 24.3 Å². The highest BCUT2D eigenvalue weighted by Crippen LogP contribution is 2.22. The fraction of sp³-hybridized carbons (Fsp3) is 0.125. The first-order chi connectivity index (χ1) is 10.0. The second kappa shape index (κ2) is 6.17. The van der Waals surface area contributed by atoms with Gasteiger partial charge in [0.2, 0.25) is 5.78 Å². The van der Waals surface area contributed by atoms with E-state index in [-0.39, 0.29) is 16.9 Å². The molecule has 0 aromatic heterocycles. The van der Waals surface area contributed by atoms with Crippen LogP contribution in [0.5, 0.6) is 5.75 Å². The van der Waals surface area contributed by atoms with E-state index in [9.17, 15) is 19.1 Å². The van der Waals surface area contributed by atoms with Crippen molar-refractivity contribution in [1.29, 1.82) is 0 Å². The van der Waals surface area contributed by atoms with Crippen LogP contribution >= 0.6 is 0 Å². The molecule has 0 heterocycles. The summed E-state index contributed by atoms with van der Waals surface area (Å²) in [5.74, 6) is -2.34. The summed E-state index contributed by atoms with van der Waals surface area (Å²) in [6.07, 6.45) is 0. The van der Waals surface area contributed by atoms with E-state index in [0.29, 0.717) is 5.56 Å². The molecule has 21 heavy (non-hydrogen) atoms. The molecule has 0 saturated heterocycles. The summed E-state index contributed by atoms with van der Waals surface area (Å²) < 4.78 is 18.2. The number of para-hydroxylation sites is 1. The highest BCUT2D eigenvalue weighted by Gasteiger charge is 2.17. The number of ketones is 1. The quantitative estimate of drug-likeness (QED) is 0.694. The van der Waals surface area contributed by atoms with Gasteiger partial charge in [0.05, 0.1) is 5.56 Å². The van der Waals surface area contributed by atoms with Crippen molar-refractivity contribution in [1.82, 2.24) is 0 Å². The van der Waals surface area contributed by atoms with Gasteiger partial charge in [0.1, 0.15) is 17.1 Å². The van der Waals surface area contributed by atoms with Crippen LogP contribution in [0.25, 0.3) is 0 Å². The molecule has 0 aliphatic rings. The van der Waals surface area contributed by atoms with Crippen LogP contribution in [0.15, 0.2) is 42.5 Å². The number of carbonyl (C=O) groups is 2. The Hall–Kier alpha value is -2.69. The predicted octanol–water partition coefficient (Wildman–Crippen LogP) is 2.88. The van der Waals surface area contributed by atoms with Crippen molar-refractivity contribution in [2.45, 2.75) is 6.92 Å². The van der Waals surface area contributed by atoms with Crippen molar-refractivity contribution < 1.29 is 23.8 Å². The van der Waals surface area contributed by atoms with Crippen LogP contribution in [0.4, 0.5) is 4.39 Å². The van der Waals surface area contributed by atoms with Gasteiger partial charge in [-0.3, -0.25) is 4.79 Å². The lowest BCUT2D eigenvalue weighted by Gasteiger charge is -2.07. The summed E-state index contributed by atoms with van der Waals surface area (Å²) in [5.41, 5.74) is 0.347. The minimum absolute atomic E-state index is 0.0312. The summed E-state index contributed by atoms with van der Waals surface area (Å²) in [7, 11) is 0. The lowest BCUT2D eigenvalue weighted by atomic mass is 10.1. The second-order valence-electron chi connectivity index (χ2n) is 4.45. The van der Waals surface area contributed by atoms with Gasteiger partial charge in [-0.05, 0) is 30.7 Å². The minimum Gasteiger partial charge on any atom is -0.507 e. The van der Waals surface area contributed by atoms with E-state index < -0.39 is 24.2 Å². The molecule has 0 spiro atoms. The summed E-state index contributed by atoms with van der Waals surface area (Å²) in [6, 6.07) is 10.1. The maximum Gasteiger partial charge on any atom is 0.342 e. The van der Waals surface area contributed by atoms with Gasteiger partial charge in [-0.15, -0.1) is 0 Å². The van der Waals surface area contributed by atoms with E-state index in [4.69, 9.17) is 4.74 Å². The molecule has 5 heteroatoms. The topological polar surface area (TPSA) is 63.6 Å². The Morgan fingerprint density at radius 3 is 2.48 bits per heavy atom. The zero-order chi connectivity index (χ0) is 15.4. The maximum absolute atomic E-state index is 13.4. The first-order valence-electron chi connectivity index (χ1n) is 6.24. The van der Waals surface area contributed by atoms with Crippen molar-refractivity contribution in [2.75, 3.05) is 6.61 Å². The van der Waals surface area contributed by atoms with E-state index in [1.165, 1.54) is 24.3 Å². The van der Waals surface area contributed by atoms with Gasteiger partial charge < -0.3 is 9.84 Å². The standard InChI is InChI=1S/C16H13FO4/c1-10-5-4-7-12(15(10)19)16(20)21-9-14(18)11-6-2-3-8-13(11)17/h2-8,19H,9H2,1H3. The molecule has 0 aliphatic carbocycles. The molecule has 0 unspecified atom stereocenters. The molecule has 0 radical (unpaired) electrons. The van der Waals surface area contributed by atoms with Crippen LogP contribution in [-0.4, -0.2) is 23.5 Å². The van der Waals surface area contributed by atoms with Crippen molar-refractivity contribution in [3.05, 3.63) is 65.0 Å². The number of esters is 1. The van der Waals surface area contributed by atoms with E-state index in [2.05, 4.69) is 0 Å². The fourth-order valence-electron chi connectivity index (χ4n) is 1.80. The molecule has 4 nitrogen and oxygen atoms in total. The first-order valence-corrected chi connectivity index (χ1v) is 6.24. The van der Waals surface area contributed by atoms with Gasteiger partial charge in [0.15, 0.2) is 6.61 Å². The molecule has 2 aromatic carbocycles. The number of aromatic hydroxyl groups is 1. The third kappa shape index (κ3) is 3.25. The third-order valence-electron chi connectivity index (χ3n) is 2.97. The van der Waals surface area contributed by atoms with Crippen molar-refractivity contribution in [2.24, 2.45) is 0 Å². The summed E-state index contributed by atoms with van der Waals surface area (Å²) >= 11 is 0. The lowest BCUT2D eigenvalue weighted by molar-refractivity contribution is 0.0470. The number of phenolic OH excluding ortho intramolecular Hbond substituents is 1. The average Bonchev–Trinajstić information content (AvgIpc) is 2.47. The van der Waals surface area contributed by atoms with Crippen LogP contribution < -0.4 is 0 Å². The molecular weight excluding hydrogens is 275 g/mol. The lowest BCUT2D eigenvalue weighted by Crippen LogP contribution is -2.15. The Balaban J connectivity index is 2.06. The number of benzene rings is 2. The Bertz CT molecular complexity index is 694. The zero-order valence-electron chi connectivity index (χ0n) is 11.3. The molecular formula is C16H13FO4. The largest absolute Gasteiger partial charge is 0.507 e. The summed E-state index contributed by atoms with van der Waals surface area (Å²) in [6.45, 7) is 1.05. The number of hydrogen-bond donors (Lipinski definition) is 1. The van der Waals surface area contributed by atoms with E-state index >= 15 is 0 Å². The first kappa shape index (κ1) is 14.7. The number of aryl methyl sites for hydroxylation is 1. The number of ether oxygens (including phenoxy) is 1. The van der Waals surface area contributed by atoms with Crippen molar-refractivity contribution in [3.63, 3.8) is 0 Å². The van der Waals surface area contributed by atoms with Gasteiger partial charge >= 0.3 is 5.97 Å². The third-order valence-corrected chi connectivity index (χ3v) is 2.97. The highest BCUT2D eigenvalue weighted by molar-refractivity contribution is 6.00. The SMILES string of the molecule is Cc1cccc(C(=O)OCC(=O)c2ccccc2F)c1O. The molecule has 0 fully saturated rings. The number of Topliss-reactive ketones (excluding diaryl/α,β-unsaturated/α-hetero) is 1. The minimum atomic E-state index is -0.833. The Morgan fingerprint density at radius 2 is 1.76 bits per heavy atom. The van der Waals surface area contributed by atoms with Gasteiger partial charge in [0, 0.05) is 0 Å². The molecule has 0 bridgehead atoms. The number of phenols is 1. The molecule has 0 aliphatic heterocycles. The average molecular weight is 288 g/mol. The summed E-state index contributed by atoms with van der Waals surface area (Å²) in [5, 5.41) is 9.75. The van der Waals surface area contributed by atoms with Crippen LogP contribution in [0.3, 0.4) is 0 Å². The van der Waals surface area contributed by atoms with Crippen molar-refractivity contribution >= 4 is 11.8 Å². The highest BCUT2D eigenvalue weighted by atomic mass is 19.1. The molecule has 2 aromatic rings. The monoisotopic (exact) mass is 288 g/mol. The molecule has 0 saturated carbocycles. The number of rotatable bonds is 4. The van der Waals surface area contributed by atoms with Crippen molar-refractivity contribution in [3.8, 4) is 5.75 Å².